The van der Waals surface area contributed by atoms with E-state index < -0.39 is 6.10 Å². The average molecular weight is 323 g/mol. The van der Waals surface area contributed by atoms with Crippen LogP contribution >= 0.6 is 15.9 Å². The van der Waals surface area contributed by atoms with E-state index in [2.05, 4.69) is 15.9 Å². The topological polar surface area (TPSA) is 38.7 Å². The van der Waals surface area contributed by atoms with Crippen molar-refractivity contribution in [3.8, 4) is 17.2 Å². The van der Waals surface area contributed by atoms with Gasteiger partial charge in [0.25, 0.3) is 0 Å². The van der Waals surface area contributed by atoms with E-state index in [-0.39, 0.29) is 0 Å². The lowest BCUT2D eigenvalue weighted by molar-refractivity contribution is 0.190. The van der Waals surface area contributed by atoms with E-state index in [1.807, 2.05) is 36.4 Å². The van der Waals surface area contributed by atoms with Crippen molar-refractivity contribution in [1.82, 2.24) is 0 Å². The first kappa shape index (κ1) is 13.9. The van der Waals surface area contributed by atoms with Gasteiger partial charge in [-0.15, -0.1) is 0 Å². The molecule has 0 radical (unpaired) electrons. The monoisotopic (exact) mass is 322 g/mol. The maximum Gasteiger partial charge on any atom is 0.136 e. The molecule has 4 heteroatoms. The SMILES string of the molecule is COc1cccc(Oc2cccc(Br)c2)c1[C@H](C)O. The van der Waals surface area contributed by atoms with E-state index >= 15 is 0 Å². The van der Waals surface area contributed by atoms with E-state index in [1.165, 1.54) is 0 Å². The summed E-state index contributed by atoms with van der Waals surface area (Å²) in [4.78, 5) is 0. The Morgan fingerprint density at radius 1 is 1.11 bits per heavy atom. The zero-order chi connectivity index (χ0) is 13.8. The Hall–Kier alpha value is -1.52. The van der Waals surface area contributed by atoms with Gasteiger partial charge in [0.2, 0.25) is 0 Å². The Kier molecular flexibility index (Phi) is 4.45. The molecule has 2 aromatic carbocycles. The van der Waals surface area contributed by atoms with Crippen molar-refractivity contribution in [3.63, 3.8) is 0 Å². The largest absolute Gasteiger partial charge is 0.496 e. The second kappa shape index (κ2) is 6.08. The van der Waals surface area contributed by atoms with Crippen LogP contribution in [0.15, 0.2) is 46.9 Å². The van der Waals surface area contributed by atoms with Crippen molar-refractivity contribution in [1.29, 1.82) is 0 Å². The van der Waals surface area contributed by atoms with Gasteiger partial charge in [0.05, 0.1) is 18.8 Å². The summed E-state index contributed by atoms with van der Waals surface area (Å²) in [6, 6.07) is 13.0. The number of benzene rings is 2. The van der Waals surface area contributed by atoms with Gasteiger partial charge in [0.15, 0.2) is 0 Å². The summed E-state index contributed by atoms with van der Waals surface area (Å²) < 4.78 is 12.0. The zero-order valence-electron chi connectivity index (χ0n) is 10.8. The van der Waals surface area contributed by atoms with Crippen molar-refractivity contribution < 1.29 is 14.6 Å². The standard InChI is InChI=1S/C15H15BrO3/c1-10(17)15-13(18-2)7-4-8-14(15)19-12-6-3-5-11(16)9-12/h3-10,17H,1-2H3/t10-/m0/s1. The first-order valence-corrected chi connectivity index (χ1v) is 6.69. The van der Waals surface area contributed by atoms with Crippen LogP contribution in [0.5, 0.6) is 17.2 Å². The average Bonchev–Trinajstić information content (AvgIpc) is 2.38. The van der Waals surface area contributed by atoms with Gasteiger partial charge in [0, 0.05) is 4.47 Å². The smallest absolute Gasteiger partial charge is 0.136 e. The molecule has 0 amide bonds. The lowest BCUT2D eigenvalue weighted by Gasteiger charge is -2.16. The first-order chi connectivity index (χ1) is 9.11. The minimum atomic E-state index is -0.668. The molecule has 0 heterocycles. The van der Waals surface area contributed by atoms with Gasteiger partial charge in [-0.25, -0.2) is 0 Å². The number of ether oxygens (including phenoxy) is 2. The number of hydrogen-bond donors (Lipinski definition) is 1. The molecule has 2 aromatic rings. The van der Waals surface area contributed by atoms with Gasteiger partial charge in [0.1, 0.15) is 17.2 Å². The summed E-state index contributed by atoms with van der Waals surface area (Å²) in [6.07, 6.45) is -0.668. The summed E-state index contributed by atoms with van der Waals surface area (Å²) in [5, 5.41) is 9.88. The van der Waals surface area contributed by atoms with E-state index in [4.69, 9.17) is 9.47 Å². The molecule has 0 unspecified atom stereocenters. The highest BCUT2D eigenvalue weighted by Gasteiger charge is 2.15. The van der Waals surface area contributed by atoms with Crippen LogP contribution in [0.3, 0.4) is 0 Å². The molecular formula is C15H15BrO3. The number of halogens is 1. The van der Waals surface area contributed by atoms with Gasteiger partial charge in [-0.05, 0) is 37.3 Å². The first-order valence-electron chi connectivity index (χ1n) is 5.90. The molecule has 0 aliphatic heterocycles. The molecular weight excluding hydrogens is 308 g/mol. The molecule has 0 fully saturated rings. The van der Waals surface area contributed by atoms with Crippen molar-refractivity contribution in [3.05, 3.63) is 52.5 Å². The minimum Gasteiger partial charge on any atom is -0.496 e. The van der Waals surface area contributed by atoms with Crippen LogP contribution in [0.1, 0.15) is 18.6 Å². The second-order valence-electron chi connectivity index (χ2n) is 4.11. The molecule has 0 bridgehead atoms. The molecule has 3 nitrogen and oxygen atoms in total. The highest BCUT2D eigenvalue weighted by atomic mass is 79.9. The van der Waals surface area contributed by atoms with Crippen LogP contribution in [-0.4, -0.2) is 12.2 Å². The van der Waals surface area contributed by atoms with E-state index in [1.54, 1.807) is 20.1 Å². The predicted molar refractivity (Wildman–Crippen MR) is 77.8 cm³/mol. The maximum atomic E-state index is 9.88. The third kappa shape index (κ3) is 3.28. The Labute approximate surface area is 120 Å². The van der Waals surface area contributed by atoms with Gasteiger partial charge in [-0.1, -0.05) is 28.1 Å². The number of aliphatic hydroxyl groups is 1. The summed E-state index contributed by atoms with van der Waals surface area (Å²) in [5.74, 6) is 1.90. The maximum absolute atomic E-state index is 9.88. The Bertz CT molecular complexity index is 567. The quantitative estimate of drug-likeness (QED) is 0.911. The number of methoxy groups -OCH3 is 1. The summed E-state index contributed by atoms with van der Waals surface area (Å²) in [7, 11) is 1.57. The highest BCUT2D eigenvalue weighted by Crippen LogP contribution is 2.36. The molecule has 19 heavy (non-hydrogen) atoms. The van der Waals surface area contributed by atoms with E-state index in [0.717, 1.165) is 4.47 Å². The third-order valence-corrected chi connectivity index (χ3v) is 3.18. The van der Waals surface area contributed by atoms with Crippen molar-refractivity contribution in [2.75, 3.05) is 7.11 Å². The molecule has 0 saturated carbocycles. The molecule has 1 atom stereocenters. The summed E-state index contributed by atoms with van der Waals surface area (Å²) >= 11 is 3.40. The fourth-order valence-electron chi connectivity index (χ4n) is 1.86. The normalized spacial score (nSPS) is 12.0. The zero-order valence-corrected chi connectivity index (χ0v) is 12.3. The Morgan fingerprint density at radius 3 is 2.42 bits per heavy atom. The number of hydrogen-bond acceptors (Lipinski definition) is 3. The Balaban J connectivity index is 2.39. The Morgan fingerprint density at radius 2 is 1.79 bits per heavy atom. The van der Waals surface area contributed by atoms with Crippen LogP contribution in [0, 0.1) is 0 Å². The molecule has 0 aliphatic rings. The van der Waals surface area contributed by atoms with Gasteiger partial charge in [-0.2, -0.15) is 0 Å². The minimum absolute atomic E-state index is 0.590. The summed E-state index contributed by atoms with van der Waals surface area (Å²) in [6.45, 7) is 1.69. The van der Waals surface area contributed by atoms with E-state index in [0.29, 0.717) is 22.8 Å². The van der Waals surface area contributed by atoms with E-state index in [9.17, 15) is 5.11 Å². The van der Waals surface area contributed by atoms with Crippen LogP contribution in [0.25, 0.3) is 0 Å². The molecule has 100 valence electrons. The molecule has 0 spiro atoms. The molecule has 2 rings (SSSR count). The lowest BCUT2D eigenvalue weighted by atomic mass is 10.1. The summed E-state index contributed by atoms with van der Waals surface area (Å²) in [5.41, 5.74) is 0.643. The predicted octanol–water partition coefficient (Wildman–Crippen LogP) is 4.30. The molecule has 1 N–H and O–H groups in total. The van der Waals surface area contributed by atoms with Crippen molar-refractivity contribution in [2.45, 2.75) is 13.0 Å². The van der Waals surface area contributed by atoms with Gasteiger partial charge >= 0.3 is 0 Å². The van der Waals surface area contributed by atoms with Gasteiger partial charge in [-0.3, -0.25) is 0 Å². The second-order valence-corrected chi connectivity index (χ2v) is 5.02. The van der Waals surface area contributed by atoms with Crippen molar-refractivity contribution >= 4 is 15.9 Å². The molecule has 0 aliphatic carbocycles. The fourth-order valence-corrected chi connectivity index (χ4v) is 2.24. The highest BCUT2D eigenvalue weighted by molar-refractivity contribution is 9.10. The number of rotatable bonds is 4. The van der Waals surface area contributed by atoms with Crippen LogP contribution in [0.4, 0.5) is 0 Å². The van der Waals surface area contributed by atoms with Crippen LogP contribution in [-0.2, 0) is 0 Å². The molecule has 0 aromatic heterocycles. The fraction of sp³-hybridized carbons (Fsp3) is 0.200. The van der Waals surface area contributed by atoms with Gasteiger partial charge < -0.3 is 14.6 Å². The molecule has 0 saturated heterocycles. The number of aliphatic hydroxyl groups excluding tert-OH is 1. The van der Waals surface area contributed by atoms with Crippen molar-refractivity contribution in [2.24, 2.45) is 0 Å². The van der Waals surface area contributed by atoms with Crippen LogP contribution < -0.4 is 9.47 Å². The third-order valence-electron chi connectivity index (χ3n) is 2.69. The van der Waals surface area contributed by atoms with Crippen LogP contribution in [0.2, 0.25) is 0 Å². The lowest BCUT2D eigenvalue weighted by Crippen LogP contribution is -2.00.